The molecular weight excluding hydrogens is 751 g/mol. The van der Waals surface area contributed by atoms with Gasteiger partial charge in [0.25, 0.3) is 0 Å². The number of aryl methyl sites for hydroxylation is 2. The highest BCUT2D eigenvalue weighted by atomic mass is 14.9. The Hall–Kier alpha value is -7.62. The van der Waals surface area contributed by atoms with Crippen molar-refractivity contribution < 1.29 is 0 Å². The van der Waals surface area contributed by atoms with E-state index in [4.69, 9.17) is 5.73 Å². The molecule has 0 aliphatic heterocycles. The normalized spacial score (nSPS) is 11.1. The van der Waals surface area contributed by atoms with Crippen LogP contribution in [0.3, 0.4) is 0 Å². The van der Waals surface area contributed by atoms with E-state index >= 15 is 0 Å². The summed E-state index contributed by atoms with van der Waals surface area (Å²) in [6, 6.07) is 73.1. The van der Waals surface area contributed by atoms with Gasteiger partial charge in [-0.2, -0.15) is 0 Å². The number of hydrogen-bond acceptors (Lipinski definition) is 3. The second kappa shape index (κ2) is 23.2. The van der Waals surface area contributed by atoms with Crippen LogP contribution in [0, 0.1) is 13.8 Å². The van der Waals surface area contributed by atoms with Gasteiger partial charge in [0, 0.05) is 24.0 Å². The predicted octanol–water partition coefficient (Wildman–Crippen LogP) is 15.5. The van der Waals surface area contributed by atoms with Crippen molar-refractivity contribution in [2.45, 2.75) is 26.3 Å². The summed E-state index contributed by atoms with van der Waals surface area (Å²) < 4.78 is 0. The highest BCUT2D eigenvalue weighted by Gasteiger charge is 2.18. The summed E-state index contributed by atoms with van der Waals surface area (Å²) in [5, 5.41) is 7.26. The van der Waals surface area contributed by atoms with Gasteiger partial charge in [-0.1, -0.05) is 211 Å². The summed E-state index contributed by atoms with van der Waals surface area (Å²) in [6.07, 6.45) is 9.90. The van der Waals surface area contributed by atoms with Gasteiger partial charge in [0.15, 0.2) is 0 Å². The van der Waals surface area contributed by atoms with E-state index < -0.39 is 0 Å². The van der Waals surface area contributed by atoms with E-state index in [2.05, 4.69) is 231 Å². The fourth-order valence-corrected chi connectivity index (χ4v) is 7.25. The number of benzene rings is 8. The average molecular weight is 808 g/mol. The molecule has 308 valence electrons. The van der Waals surface area contributed by atoms with Crippen molar-refractivity contribution in [1.82, 2.24) is 0 Å². The number of allylic oxidation sites excluding steroid dienone is 4. The van der Waals surface area contributed by atoms with Gasteiger partial charge in [-0.25, -0.2) is 0 Å². The number of hydrogen-bond donors (Lipinski definition) is 3. The van der Waals surface area contributed by atoms with Gasteiger partial charge < -0.3 is 16.4 Å². The molecule has 8 aromatic rings. The lowest BCUT2D eigenvalue weighted by molar-refractivity contribution is 0.941. The summed E-state index contributed by atoms with van der Waals surface area (Å²) in [5.41, 5.74) is 22.1. The summed E-state index contributed by atoms with van der Waals surface area (Å²) >= 11 is 0. The molecule has 8 aromatic carbocycles. The van der Waals surface area contributed by atoms with Crippen molar-refractivity contribution in [2.24, 2.45) is 5.73 Å². The molecule has 0 aliphatic carbocycles. The van der Waals surface area contributed by atoms with Crippen LogP contribution in [0.5, 0.6) is 0 Å². The van der Waals surface area contributed by atoms with Crippen molar-refractivity contribution in [1.29, 1.82) is 0 Å². The molecule has 0 aliphatic rings. The van der Waals surface area contributed by atoms with Gasteiger partial charge in [-0.15, -0.1) is 6.58 Å². The lowest BCUT2D eigenvalue weighted by Crippen LogP contribution is -2.14. The van der Waals surface area contributed by atoms with Crippen LogP contribution in [-0.4, -0.2) is 7.05 Å². The zero-order valence-corrected chi connectivity index (χ0v) is 36.1. The fraction of sp³-hybridized carbons (Fsp3) is 0.0847. The summed E-state index contributed by atoms with van der Waals surface area (Å²) in [6.45, 7) is 7.81. The molecule has 0 saturated heterocycles. The molecule has 0 spiro atoms. The van der Waals surface area contributed by atoms with Crippen LogP contribution in [-0.2, 0) is 0 Å². The number of nitrogens with one attached hydrogen (secondary N) is 2. The van der Waals surface area contributed by atoms with Crippen molar-refractivity contribution in [3.05, 3.63) is 266 Å². The molecule has 62 heavy (non-hydrogen) atoms. The fourth-order valence-electron chi connectivity index (χ4n) is 7.25. The topological polar surface area (TPSA) is 50.1 Å². The zero-order valence-electron chi connectivity index (χ0n) is 36.1. The van der Waals surface area contributed by atoms with E-state index in [0.717, 1.165) is 17.8 Å². The molecular formula is C59H57N3. The van der Waals surface area contributed by atoms with Crippen molar-refractivity contribution in [3.8, 4) is 44.5 Å². The lowest BCUT2D eigenvalue weighted by Gasteiger charge is -2.24. The Morgan fingerprint density at radius 3 is 1.52 bits per heavy atom. The van der Waals surface area contributed by atoms with Crippen LogP contribution in [0.25, 0.3) is 44.5 Å². The molecule has 1 unspecified atom stereocenters. The first kappa shape index (κ1) is 43.9. The van der Waals surface area contributed by atoms with E-state index in [0.29, 0.717) is 0 Å². The Kier molecular flexibility index (Phi) is 16.5. The molecule has 4 N–H and O–H groups in total. The molecule has 3 nitrogen and oxygen atoms in total. The van der Waals surface area contributed by atoms with Crippen LogP contribution in [0.4, 0.5) is 11.4 Å². The number of anilines is 2. The Bertz CT molecular complexity index is 2660. The SMILES string of the molecule is C=CC/C=C\C=C/N.CNc1ccccc1C(Nc1cccc(-c2cccc(-c3cccc(C)c3)c2)c1)c1ccc(-c2ccccc2)cc1.Cc1cccc(-c2ccccc2)c1. The lowest BCUT2D eigenvalue weighted by atomic mass is 9.94. The Balaban J connectivity index is 0.000000249. The largest absolute Gasteiger partial charge is 0.405 e. The molecule has 0 heterocycles. The molecule has 0 amide bonds. The summed E-state index contributed by atoms with van der Waals surface area (Å²) in [5.74, 6) is 0. The maximum absolute atomic E-state index is 5.05. The maximum Gasteiger partial charge on any atom is 0.0787 e. The maximum atomic E-state index is 5.05. The molecule has 0 fully saturated rings. The highest BCUT2D eigenvalue weighted by molar-refractivity contribution is 5.76. The van der Waals surface area contributed by atoms with Crippen molar-refractivity contribution in [3.63, 3.8) is 0 Å². The molecule has 3 heteroatoms. The van der Waals surface area contributed by atoms with Gasteiger partial charge in [0.05, 0.1) is 6.04 Å². The third kappa shape index (κ3) is 12.7. The monoisotopic (exact) mass is 807 g/mol. The first-order chi connectivity index (χ1) is 30.4. The Morgan fingerprint density at radius 2 is 0.952 bits per heavy atom. The molecule has 0 radical (unpaired) electrons. The molecule has 0 bridgehead atoms. The van der Waals surface area contributed by atoms with Crippen LogP contribution >= 0.6 is 0 Å². The van der Waals surface area contributed by atoms with Crippen molar-refractivity contribution >= 4 is 11.4 Å². The average Bonchev–Trinajstić information content (AvgIpc) is 3.33. The van der Waals surface area contributed by atoms with E-state index in [1.165, 1.54) is 73.0 Å². The molecule has 8 rings (SSSR count). The minimum absolute atomic E-state index is 0.0302. The number of rotatable bonds is 12. The van der Waals surface area contributed by atoms with Gasteiger partial charge in [-0.05, 0) is 107 Å². The quantitative estimate of drug-likeness (QED) is 0.0851. The minimum atomic E-state index is -0.0302. The summed E-state index contributed by atoms with van der Waals surface area (Å²) in [7, 11) is 1.98. The smallest absolute Gasteiger partial charge is 0.0787 e. The first-order valence-corrected chi connectivity index (χ1v) is 21.2. The molecule has 1 atom stereocenters. The Morgan fingerprint density at radius 1 is 0.484 bits per heavy atom. The van der Waals surface area contributed by atoms with Crippen LogP contribution < -0.4 is 16.4 Å². The second-order valence-electron chi connectivity index (χ2n) is 15.0. The highest BCUT2D eigenvalue weighted by Crippen LogP contribution is 2.35. The van der Waals surface area contributed by atoms with Gasteiger partial charge in [0.1, 0.15) is 0 Å². The second-order valence-corrected chi connectivity index (χ2v) is 15.0. The number of para-hydroxylation sites is 1. The van der Waals surface area contributed by atoms with Gasteiger partial charge in [-0.3, -0.25) is 0 Å². The van der Waals surface area contributed by atoms with Crippen LogP contribution in [0.1, 0.15) is 34.7 Å². The van der Waals surface area contributed by atoms with Crippen LogP contribution in [0.15, 0.2) is 243 Å². The van der Waals surface area contributed by atoms with Gasteiger partial charge in [0.2, 0.25) is 0 Å². The third-order valence-electron chi connectivity index (χ3n) is 10.4. The standard InChI is InChI=1S/C39H34N2.C13H12.C7H11N/c1-28-11-8-14-32(25-28)33-15-9-16-34(26-33)35-17-10-18-36(27-35)41-39(37-19-6-7-20-38(37)40-2)31-23-21-30(22-24-31)29-12-4-3-5-13-29;1-11-6-5-9-13(10-11)12-7-3-2-4-8-12;1-2-3-4-5-6-7-8/h3-27,39-41H,1-2H3;2-10H,1H3;2,4-7H,1,3,8H2/b;;5-4-,7-6-. The van der Waals surface area contributed by atoms with E-state index in [1.807, 2.05) is 31.3 Å². The third-order valence-corrected chi connectivity index (χ3v) is 10.4. The zero-order chi connectivity index (χ0) is 43.4. The van der Waals surface area contributed by atoms with E-state index in [1.54, 1.807) is 6.08 Å². The minimum Gasteiger partial charge on any atom is -0.405 e. The van der Waals surface area contributed by atoms with E-state index in [-0.39, 0.29) is 6.04 Å². The van der Waals surface area contributed by atoms with Gasteiger partial charge >= 0.3 is 0 Å². The molecule has 0 aromatic heterocycles. The first-order valence-electron chi connectivity index (χ1n) is 21.2. The number of nitrogens with two attached hydrogens (primary N) is 1. The Labute approximate surface area is 369 Å². The van der Waals surface area contributed by atoms with Crippen LogP contribution in [0.2, 0.25) is 0 Å². The van der Waals surface area contributed by atoms with E-state index in [9.17, 15) is 0 Å². The van der Waals surface area contributed by atoms with Crippen molar-refractivity contribution in [2.75, 3.05) is 17.7 Å². The molecule has 0 saturated carbocycles. The predicted molar refractivity (Wildman–Crippen MR) is 269 cm³/mol. The summed E-state index contributed by atoms with van der Waals surface area (Å²) in [4.78, 5) is 0.